The molecule has 1 amide bonds. The first kappa shape index (κ1) is 18.0. The number of hydrogen-bond donors (Lipinski definition) is 2. The zero-order valence-electron chi connectivity index (χ0n) is 15.8. The highest BCUT2D eigenvalue weighted by atomic mass is 32.1. The van der Waals surface area contributed by atoms with E-state index in [1.807, 2.05) is 16.5 Å². The van der Waals surface area contributed by atoms with E-state index in [0.29, 0.717) is 17.3 Å². The number of aryl methyl sites for hydroxylation is 1. The highest BCUT2D eigenvalue weighted by molar-refractivity contribution is 7.17. The molecular weight excluding hydrogens is 388 g/mol. The molecule has 2 N–H and O–H groups in total. The van der Waals surface area contributed by atoms with Crippen LogP contribution >= 0.6 is 11.3 Å². The number of imidazole rings is 1. The van der Waals surface area contributed by atoms with Gasteiger partial charge in [-0.25, -0.2) is 9.67 Å². The van der Waals surface area contributed by atoms with E-state index in [1.54, 1.807) is 46.9 Å². The number of nitrogens with zero attached hydrogens (tertiary/aromatic N) is 5. The Labute approximate surface area is 170 Å². The van der Waals surface area contributed by atoms with Gasteiger partial charge in [0.05, 0.1) is 23.8 Å². The number of hydrogen-bond acceptors (Lipinski definition) is 6. The summed E-state index contributed by atoms with van der Waals surface area (Å²) in [4.78, 5) is 18.4. The van der Waals surface area contributed by atoms with Crippen molar-refractivity contribution in [2.75, 3.05) is 0 Å². The van der Waals surface area contributed by atoms with E-state index in [2.05, 4.69) is 27.5 Å². The number of carbonyl (C=O) groups excluding carboxylic acids is 1. The summed E-state index contributed by atoms with van der Waals surface area (Å²) < 4.78 is 3.50. The van der Waals surface area contributed by atoms with E-state index >= 15 is 0 Å². The zero-order valence-corrected chi connectivity index (χ0v) is 16.6. The molecule has 0 saturated heterocycles. The molecule has 3 heterocycles. The number of nitrogens with one attached hydrogen (secondary N) is 1. The van der Waals surface area contributed by atoms with Crippen LogP contribution in [0.15, 0.2) is 43.0 Å². The summed E-state index contributed by atoms with van der Waals surface area (Å²) >= 11 is 1.62. The number of rotatable bonds is 6. The number of aromatic nitrogens is 5. The van der Waals surface area contributed by atoms with Gasteiger partial charge < -0.3 is 10.4 Å². The molecule has 1 aliphatic rings. The van der Waals surface area contributed by atoms with Crippen molar-refractivity contribution in [1.29, 1.82) is 0 Å². The van der Waals surface area contributed by atoms with Gasteiger partial charge in [0.15, 0.2) is 0 Å². The van der Waals surface area contributed by atoms with Crippen molar-refractivity contribution in [3.8, 4) is 5.69 Å². The second-order valence-electron chi connectivity index (χ2n) is 7.15. The lowest BCUT2D eigenvalue weighted by Gasteiger charge is -2.09. The van der Waals surface area contributed by atoms with Crippen molar-refractivity contribution in [2.45, 2.75) is 38.3 Å². The van der Waals surface area contributed by atoms with E-state index in [1.165, 1.54) is 0 Å². The van der Waals surface area contributed by atoms with Gasteiger partial charge in [0.2, 0.25) is 0 Å². The van der Waals surface area contributed by atoms with Gasteiger partial charge in [-0.15, -0.1) is 16.4 Å². The van der Waals surface area contributed by atoms with Crippen LogP contribution in [0.2, 0.25) is 0 Å². The monoisotopic (exact) mass is 408 g/mol. The molecule has 29 heavy (non-hydrogen) atoms. The zero-order chi connectivity index (χ0) is 20.0. The average Bonchev–Trinajstić information content (AvgIpc) is 3.12. The molecule has 1 aromatic carbocycles. The minimum Gasteiger partial charge on any atom is -0.380 e. The van der Waals surface area contributed by atoms with E-state index in [4.69, 9.17) is 0 Å². The maximum atomic E-state index is 12.1. The number of aliphatic hydroxyl groups excluding tert-OH is 1. The Bertz CT molecular complexity index is 1170. The first-order chi connectivity index (χ1) is 14.1. The van der Waals surface area contributed by atoms with Crippen LogP contribution in [0, 0.1) is 0 Å². The fourth-order valence-corrected chi connectivity index (χ4v) is 4.39. The van der Waals surface area contributed by atoms with Crippen LogP contribution in [-0.4, -0.2) is 41.4 Å². The minimum atomic E-state index is -0.898. The predicted molar refractivity (Wildman–Crippen MR) is 108 cm³/mol. The van der Waals surface area contributed by atoms with Crippen LogP contribution in [0.4, 0.5) is 0 Å². The molecule has 0 bridgehead atoms. The van der Waals surface area contributed by atoms with Crippen molar-refractivity contribution < 1.29 is 9.90 Å². The molecule has 1 fully saturated rings. The smallest absolute Gasteiger partial charge is 0.251 e. The Morgan fingerprint density at radius 2 is 2.14 bits per heavy atom. The summed E-state index contributed by atoms with van der Waals surface area (Å²) in [5.74, 6) is -0.0531. The van der Waals surface area contributed by atoms with Crippen LogP contribution in [0.25, 0.3) is 10.5 Å². The third-order valence-electron chi connectivity index (χ3n) is 5.06. The third-order valence-corrected chi connectivity index (χ3v) is 6.31. The van der Waals surface area contributed by atoms with E-state index in [9.17, 15) is 9.90 Å². The first-order valence-electron chi connectivity index (χ1n) is 9.59. The van der Waals surface area contributed by atoms with Gasteiger partial charge in [-0.05, 0) is 43.5 Å². The molecule has 1 aliphatic carbocycles. The Balaban J connectivity index is 1.39. The van der Waals surface area contributed by atoms with Gasteiger partial charge in [-0.3, -0.25) is 9.20 Å². The topological polar surface area (TPSA) is 97.3 Å². The summed E-state index contributed by atoms with van der Waals surface area (Å²) in [5, 5.41) is 22.3. The number of aliphatic hydroxyl groups is 1. The van der Waals surface area contributed by atoms with Gasteiger partial charge in [0.25, 0.3) is 5.91 Å². The second kappa shape index (κ2) is 7.09. The van der Waals surface area contributed by atoms with Crippen LogP contribution < -0.4 is 5.32 Å². The summed E-state index contributed by atoms with van der Waals surface area (Å²) in [6.07, 6.45) is 7.25. The fourth-order valence-electron chi connectivity index (χ4n) is 3.32. The first-order valence-corrected chi connectivity index (χ1v) is 10.4. The molecular formula is C20H20N6O2S. The quantitative estimate of drug-likeness (QED) is 0.511. The summed E-state index contributed by atoms with van der Waals surface area (Å²) in [7, 11) is 0. The summed E-state index contributed by atoms with van der Waals surface area (Å²) in [6, 6.07) is 7.52. The fraction of sp³-hybridized carbons (Fsp3) is 0.300. The molecule has 4 aromatic rings. The number of benzene rings is 1. The average molecular weight is 408 g/mol. The summed E-state index contributed by atoms with van der Waals surface area (Å²) in [5.41, 5.74) is 2.63. The third kappa shape index (κ3) is 3.32. The maximum Gasteiger partial charge on any atom is 0.251 e. The molecule has 0 radical (unpaired) electrons. The SMILES string of the molecule is CCc1sc2cncn2c1C(O)c1cn(-c2ccc(C(=O)NC3CC3)cc2)nn1. The van der Waals surface area contributed by atoms with E-state index in [-0.39, 0.29) is 5.91 Å². The Hall–Kier alpha value is -3.04. The Kier molecular flexibility index (Phi) is 4.40. The van der Waals surface area contributed by atoms with Gasteiger partial charge >= 0.3 is 0 Å². The van der Waals surface area contributed by atoms with Crippen LogP contribution in [-0.2, 0) is 6.42 Å². The molecule has 5 rings (SSSR count). The Morgan fingerprint density at radius 1 is 1.34 bits per heavy atom. The molecule has 1 unspecified atom stereocenters. The van der Waals surface area contributed by atoms with Gasteiger partial charge in [-0.2, -0.15) is 0 Å². The van der Waals surface area contributed by atoms with Crippen molar-refractivity contribution >= 4 is 22.1 Å². The van der Waals surface area contributed by atoms with Gasteiger partial charge in [0, 0.05) is 16.5 Å². The predicted octanol–water partition coefficient (Wildman–Crippen LogP) is 2.51. The normalized spacial score (nSPS) is 15.0. The van der Waals surface area contributed by atoms with Gasteiger partial charge in [-0.1, -0.05) is 12.1 Å². The molecule has 148 valence electrons. The van der Waals surface area contributed by atoms with Crippen molar-refractivity contribution in [2.24, 2.45) is 0 Å². The molecule has 9 heteroatoms. The molecule has 1 atom stereocenters. The number of thiazole rings is 1. The molecule has 0 spiro atoms. The standard InChI is InChI=1S/C20H20N6O2S/c1-2-16-18(25-11-21-9-17(25)29-16)19(27)15-10-26(24-23-15)14-7-3-12(4-8-14)20(28)22-13-5-6-13/h3-4,7-11,13,19,27H,2,5-6H2,1H3,(H,22,28). The highest BCUT2D eigenvalue weighted by Crippen LogP contribution is 2.31. The summed E-state index contributed by atoms with van der Waals surface area (Å²) in [6.45, 7) is 2.06. The maximum absolute atomic E-state index is 12.1. The Morgan fingerprint density at radius 3 is 2.86 bits per heavy atom. The highest BCUT2D eigenvalue weighted by Gasteiger charge is 2.24. The van der Waals surface area contributed by atoms with Crippen LogP contribution in [0.3, 0.4) is 0 Å². The second-order valence-corrected chi connectivity index (χ2v) is 8.27. The lowest BCUT2D eigenvalue weighted by atomic mass is 10.1. The van der Waals surface area contributed by atoms with Gasteiger partial charge in [0.1, 0.15) is 23.0 Å². The lowest BCUT2D eigenvalue weighted by Crippen LogP contribution is -2.25. The largest absolute Gasteiger partial charge is 0.380 e. The van der Waals surface area contributed by atoms with Crippen molar-refractivity contribution in [3.05, 3.63) is 64.8 Å². The van der Waals surface area contributed by atoms with Crippen molar-refractivity contribution in [3.63, 3.8) is 0 Å². The molecule has 3 aromatic heterocycles. The van der Waals surface area contributed by atoms with Crippen LogP contribution in [0.1, 0.15) is 52.5 Å². The molecule has 0 aliphatic heterocycles. The number of carbonyl (C=O) groups is 1. The van der Waals surface area contributed by atoms with E-state index < -0.39 is 6.10 Å². The van der Waals surface area contributed by atoms with E-state index in [0.717, 1.165) is 40.4 Å². The molecule has 8 nitrogen and oxygen atoms in total. The lowest BCUT2D eigenvalue weighted by molar-refractivity contribution is 0.0951. The number of amides is 1. The molecule has 1 saturated carbocycles. The van der Waals surface area contributed by atoms with Crippen LogP contribution in [0.5, 0.6) is 0 Å². The number of fused-ring (bicyclic) bond motifs is 1. The van der Waals surface area contributed by atoms with Crippen molar-refractivity contribution in [1.82, 2.24) is 29.7 Å². The minimum absolute atomic E-state index is 0.0531.